The third-order valence-corrected chi connectivity index (χ3v) is 3.90. The zero-order chi connectivity index (χ0) is 14.8. The monoisotopic (exact) mass is 284 g/mol. The molecule has 1 atom stereocenters. The van der Waals surface area contributed by atoms with Crippen LogP contribution in [-0.4, -0.2) is 0 Å². The number of nitrogens with zero attached hydrogens (tertiary/aromatic N) is 1. The average molecular weight is 284 g/mol. The van der Waals surface area contributed by atoms with E-state index in [2.05, 4.69) is 11.4 Å². The fraction of sp³-hybridized carbons (Fsp3) is 0.235. The highest BCUT2D eigenvalue weighted by Gasteiger charge is 2.22. The van der Waals surface area contributed by atoms with Gasteiger partial charge < -0.3 is 5.32 Å². The highest BCUT2D eigenvalue weighted by Crippen LogP contribution is 2.33. The first-order valence-corrected chi connectivity index (χ1v) is 6.93. The quantitative estimate of drug-likeness (QED) is 0.891. The van der Waals surface area contributed by atoms with E-state index >= 15 is 0 Å². The maximum Gasteiger partial charge on any atom is 0.183 e. The molecule has 0 saturated heterocycles. The van der Waals surface area contributed by atoms with Crippen molar-refractivity contribution in [1.82, 2.24) is 0 Å². The van der Waals surface area contributed by atoms with Crippen LogP contribution in [0.5, 0.6) is 0 Å². The Balaban J connectivity index is 1.92. The van der Waals surface area contributed by atoms with Crippen molar-refractivity contribution >= 4 is 5.69 Å². The molecule has 0 aliphatic heterocycles. The molecule has 0 heterocycles. The van der Waals surface area contributed by atoms with Crippen LogP contribution in [0.2, 0.25) is 0 Å². The van der Waals surface area contributed by atoms with Gasteiger partial charge in [-0.1, -0.05) is 24.3 Å². The number of aryl methyl sites for hydroxylation is 1. The number of halogens is 2. The number of nitriles is 1. The van der Waals surface area contributed by atoms with Gasteiger partial charge >= 0.3 is 0 Å². The molecule has 0 saturated carbocycles. The van der Waals surface area contributed by atoms with Gasteiger partial charge in [0.2, 0.25) is 0 Å². The van der Waals surface area contributed by atoms with Crippen LogP contribution < -0.4 is 5.32 Å². The lowest BCUT2D eigenvalue weighted by molar-refractivity contribution is 0.505. The van der Waals surface area contributed by atoms with E-state index in [0.717, 1.165) is 24.8 Å². The number of hydrogen-bond donors (Lipinski definition) is 1. The Hall–Kier alpha value is -2.41. The molecular formula is C17H14F2N2. The van der Waals surface area contributed by atoms with E-state index in [0.29, 0.717) is 0 Å². The molecule has 1 aliphatic carbocycles. The smallest absolute Gasteiger partial charge is 0.183 e. The second-order valence-electron chi connectivity index (χ2n) is 5.19. The molecule has 1 unspecified atom stereocenters. The van der Waals surface area contributed by atoms with Crippen molar-refractivity contribution < 1.29 is 8.78 Å². The standard InChI is InChI=1S/C17H14F2N2/c18-16-12(10-20)8-9-15(17(16)19)21-14-7-3-5-11-4-1-2-6-13(11)14/h1-2,4,6,8-9,14,21H,3,5,7H2. The number of anilines is 1. The van der Waals surface area contributed by atoms with E-state index in [1.807, 2.05) is 18.2 Å². The van der Waals surface area contributed by atoms with Crippen molar-refractivity contribution in [3.8, 4) is 6.07 Å². The summed E-state index contributed by atoms with van der Waals surface area (Å²) in [6.07, 6.45) is 2.89. The molecule has 0 spiro atoms. The number of rotatable bonds is 2. The van der Waals surface area contributed by atoms with Crippen LogP contribution in [0.25, 0.3) is 0 Å². The van der Waals surface area contributed by atoms with Crippen LogP contribution in [0.15, 0.2) is 36.4 Å². The van der Waals surface area contributed by atoms with E-state index in [1.54, 1.807) is 6.07 Å². The second-order valence-corrected chi connectivity index (χ2v) is 5.19. The Bertz CT molecular complexity index is 719. The average Bonchev–Trinajstić information content (AvgIpc) is 2.52. The molecule has 0 bridgehead atoms. The third kappa shape index (κ3) is 2.47. The van der Waals surface area contributed by atoms with Gasteiger partial charge in [-0.3, -0.25) is 0 Å². The number of hydrogen-bond acceptors (Lipinski definition) is 2. The lowest BCUT2D eigenvalue weighted by Gasteiger charge is -2.27. The van der Waals surface area contributed by atoms with Gasteiger partial charge in [-0.05, 0) is 42.5 Å². The fourth-order valence-corrected chi connectivity index (χ4v) is 2.84. The summed E-state index contributed by atoms with van der Waals surface area (Å²) in [6.45, 7) is 0. The molecule has 1 aliphatic rings. The zero-order valence-electron chi connectivity index (χ0n) is 11.4. The molecule has 0 fully saturated rings. The molecule has 0 radical (unpaired) electrons. The molecule has 106 valence electrons. The summed E-state index contributed by atoms with van der Waals surface area (Å²) < 4.78 is 27.7. The Morgan fingerprint density at radius 2 is 1.90 bits per heavy atom. The molecule has 2 aromatic rings. The summed E-state index contributed by atoms with van der Waals surface area (Å²) in [6, 6.07) is 12.4. The summed E-state index contributed by atoms with van der Waals surface area (Å²) >= 11 is 0. The van der Waals surface area contributed by atoms with E-state index in [1.165, 1.54) is 17.7 Å². The molecule has 0 amide bonds. The van der Waals surface area contributed by atoms with Crippen LogP contribution in [0.1, 0.15) is 35.6 Å². The van der Waals surface area contributed by atoms with Crippen molar-refractivity contribution in [2.75, 3.05) is 5.32 Å². The van der Waals surface area contributed by atoms with Crippen LogP contribution in [0.4, 0.5) is 14.5 Å². The summed E-state index contributed by atoms with van der Waals surface area (Å²) in [5.41, 5.74) is 2.21. The maximum absolute atomic E-state index is 14.0. The minimum Gasteiger partial charge on any atom is -0.376 e. The Kier molecular flexibility index (Phi) is 3.57. The van der Waals surface area contributed by atoms with Crippen LogP contribution in [-0.2, 0) is 6.42 Å². The van der Waals surface area contributed by atoms with Crippen molar-refractivity contribution in [2.45, 2.75) is 25.3 Å². The van der Waals surface area contributed by atoms with Crippen molar-refractivity contribution in [2.24, 2.45) is 0 Å². The van der Waals surface area contributed by atoms with Gasteiger partial charge in [-0.15, -0.1) is 0 Å². The predicted molar refractivity (Wildman–Crippen MR) is 76.8 cm³/mol. The predicted octanol–water partition coefficient (Wildman–Crippen LogP) is 4.33. The van der Waals surface area contributed by atoms with Gasteiger partial charge in [0, 0.05) is 0 Å². The van der Waals surface area contributed by atoms with E-state index in [-0.39, 0.29) is 17.3 Å². The topological polar surface area (TPSA) is 35.8 Å². The second kappa shape index (κ2) is 5.53. The molecule has 1 N–H and O–H groups in total. The van der Waals surface area contributed by atoms with Crippen molar-refractivity contribution in [3.63, 3.8) is 0 Å². The van der Waals surface area contributed by atoms with Crippen molar-refractivity contribution in [3.05, 3.63) is 64.7 Å². The normalized spacial score (nSPS) is 16.9. The van der Waals surface area contributed by atoms with Gasteiger partial charge in [-0.2, -0.15) is 5.26 Å². The number of fused-ring (bicyclic) bond motifs is 1. The summed E-state index contributed by atoms with van der Waals surface area (Å²) in [7, 11) is 0. The van der Waals surface area contributed by atoms with Crippen molar-refractivity contribution in [1.29, 1.82) is 5.26 Å². The SMILES string of the molecule is N#Cc1ccc(NC2CCCc3ccccc32)c(F)c1F. The first-order valence-electron chi connectivity index (χ1n) is 6.93. The van der Waals surface area contributed by atoms with Crippen LogP contribution in [0.3, 0.4) is 0 Å². The number of benzene rings is 2. The zero-order valence-corrected chi connectivity index (χ0v) is 11.4. The van der Waals surface area contributed by atoms with Gasteiger partial charge in [-0.25, -0.2) is 8.78 Å². The first-order chi connectivity index (χ1) is 10.2. The van der Waals surface area contributed by atoms with Gasteiger partial charge in [0.25, 0.3) is 0 Å². The molecule has 4 heteroatoms. The van der Waals surface area contributed by atoms with Crippen LogP contribution >= 0.6 is 0 Å². The van der Waals surface area contributed by atoms with Gasteiger partial charge in [0.05, 0.1) is 17.3 Å². The minimum absolute atomic E-state index is 0.0308. The van der Waals surface area contributed by atoms with Gasteiger partial charge in [0.1, 0.15) is 6.07 Å². The van der Waals surface area contributed by atoms with E-state index in [9.17, 15) is 8.78 Å². The lowest BCUT2D eigenvalue weighted by Crippen LogP contribution is -2.18. The number of nitrogens with one attached hydrogen (secondary N) is 1. The van der Waals surface area contributed by atoms with Crippen LogP contribution in [0, 0.1) is 23.0 Å². The molecular weight excluding hydrogens is 270 g/mol. The summed E-state index contributed by atoms with van der Waals surface area (Å²) in [5, 5.41) is 11.8. The Morgan fingerprint density at radius 3 is 2.71 bits per heavy atom. The van der Waals surface area contributed by atoms with E-state index in [4.69, 9.17) is 5.26 Å². The highest BCUT2D eigenvalue weighted by atomic mass is 19.2. The molecule has 2 nitrogen and oxygen atoms in total. The maximum atomic E-state index is 14.0. The largest absolute Gasteiger partial charge is 0.376 e. The Labute approximate surface area is 122 Å². The lowest BCUT2D eigenvalue weighted by atomic mass is 9.87. The molecule has 0 aromatic heterocycles. The van der Waals surface area contributed by atoms with Gasteiger partial charge in [0.15, 0.2) is 11.6 Å². The first kappa shape index (κ1) is 13.6. The molecule has 3 rings (SSSR count). The van der Waals surface area contributed by atoms with E-state index < -0.39 is 11.6 Å². The highest BCUT2D eigenvalue weighted by molar-refractivity contribution is 5.52. The molecule has 21 heavy (non-hydrogen) atoms. The fourth-order valence-electron chi connectivity index (χ4n) is 2.84. The molecule has 2 aromatic carbocycles. The minimum atomic E-state index is -1.09. The summed E-state index contributed by atoms with van der Waals surface area (Å²) in [4.78, 5) is 0. The third-order valence-electron chi connectivity index (χ3n) is 3.90. The summed E-state index contributed by atoms with van der Waals surface area (Å²) in [5.74, 6) is -2.08. The Morgan fingerprint density at radius 1 is 1.10 bits per heavy atom.